The summed E-state index contributed by atoms with van der Waals surface area (Å²) >= 11 is 0. The highest BCUT2D eigenvalue weighted by molar-refractivity contribution is 4.84. The number of alkyl halides is 1. The van der Waals surface area contributed by atoms with Crippen molar-refractivity contribution in [3.8, 4) is 0 Å². The summed E-state index contributed by atoms with van der Waals surface area (Å²) in [6, 6.07) is 0. The lowest BCUT2D eigenvalue weighted by atomic mass is 9.67. The lowest BCUT2D eigenvalue weighted by Gasteiger charge is -2.38. The third-order valence-corrected chi connectivity index (χ3v) is 7.14. The standard InChI is InChI=1S/C23H41F/c1-2-23(17-8-6-9-18-23)19-16-22-14-12-21(13-15-22)11-7-4-3-5-10-20-24/h3,5,21-22H,2,4,6-20H2,1H3/b5-3+. The van der Waals surface area contributed by atoms with E-state index in [9.17, 15) is 4.39 Å². The van der Waals surface area contributed by atoms with Gasteiger partial charge in [-0.1, -0.05) is 76.9 Å². The van der Waals surface area contributed by atoms with E-state index in [0.717, 1.165) is 23.7 Å². The predicted molar refractivity (Wildman–Crippen MR) is 104 cm³/mol. The molecule has 0 aromatic heterocycles. The smallest absolute Gasteiger partial charge is 0.0928 e. The van der Waals surface area contributed by atoms with Crippen LogP contribution in [0, 0.1) is 17.3 Å². The Balaban J connectivity index is 1.57. The van der Waals surface area contributed by atoms with E-state index < -0.39 is 0 Å². The monoisotopic (exact) mass is 336 g/mol. The molecule has 1 heteroatoms. The van der Waals surface area contributed by atoms with Gasteiger partial charge < -0.3 is 0 Å². The Hall–Kier alpha value is -0.330. The summed E-state index contributed by atoms with van der Waals surface area (Å²) in [5.74, 6) is 2.00. The SMILES string of the molecule is CCC1(CCC2CCC(CCC/C=C/CCF)CC2)CCCCC1. The van der Waals surface area contributed by atoms with Crippen LogP contribution < -0.4 is 0 Å². The van der Waals surface area contributed by atoms with Crippen LogP contribution in [0.3, 0.4) is 0 Å². The molecule has 24 heavy (non-hydrogen) atoms. The quantitative estimate of drug-likeness (QED) is 0.280. The fourth-order valence-corrected chi connectivity index (χ4v) is 5.22. The largest absolute Gasteiger partial charge is 0.251 e. The fourth-order valence-electron chi connectivity index (χ4n) is 5.22. The zero-order valence-corrected chi connectivity index (χ0v) is 16.2. The molecule has 0 radical (unpaired) electrons. The molecule has 0 heterocycles. The zero-order valence-electron chi connectivity index (χ0n) is 16.2. The van der Waals surface area contributed by atoms with Crippen molar-refractivity contribution in [3.05, 3.63) is 12.2 Å². The van der Waals surface area contributed by atoms with Crippen molar-refractivity contribution < 1.29 is 4.39 Å². The Morgan fingerprint density at radius 3 is 2.12 bits per heavy atom. The van der Waals surface area contributed by atoms with Gasteiger partial charge in [0.15, 0.2) is 0 Å². The molecule has 0 saturated heterocycles. The minimum atomic E-state index is -0.209. The normalized spacial score (nSPS) is 27.6. The van der Waals surface area contributed by atoms with Gasteiger partial charge in [-0.25, -0.2) is 0 Å². The van der Waals surface area contributed by atoms with Crippen LogP contribution >= 0.6 is 0 Å². The van der Waals surface area contributed by atoms with Gasteiger partial charge in [0, 0.05) is 0 Å². The molecule has 140 valence electrons. The first kappa shape index (κ1) is 20.0. The predicted octanol–water partition coefficient (Wildman–Crippen LogP) is 8.02. The van der Waals surface area contributed by atoms with Crippen LogP contribution in [-0.4, -0.2) is 6.67 Å². The maximum absolute atomic E-state index is 12.0. The lowest BCUT2D eigenvalue weighted by molar-refractivity contribution is 0.138. The molecule has 0 aliphatic heterocycles. The molecule has 0 N–H and O–H groups in total. The third-order valence-electron chi connectivity index (χ3n) is 7.14. The maximum Gasteiger partial charge on any atom is 0.0928 e. The van der Waals surface area contributed by atoms with Crippen molar-refractivity contribution in [1.82, 2.24) is 0 Å². The van der Waals surface area contributed by atoms with Crippen molar-refractivity contribution in [2.24, 2.45) is 17.3 Å². The Morgan fingerprint density at radius 2 is 1.50 bits per heavy atom. The Kier molecular flexibility index (Phi) is 9.43. The first-order valence-corrected chi connectivity index (χ1v) is 11.0. The molecule has 0 nitrogen and oxygen atoms in total. The van der Waals surface area contributed by atoms with Crippen LogP contribution in [0.2, 0.25) is 0 Å². The van der Waals surface area contributed by atoms with Crippen LogP contribution in [0.1, 0.15) is 110 Å². The Labute approximate surface area is 150 Å². The average Bonchev–Trinajstić information content (AvgIpc) is 2.64. The number of hydrogen-bond donors (Lipinski definition) is 0. The first-order chi connectivity index (χ1) is 11.8. The summed E-state index contributed by atoms with van der Waals surface area (Å²) in [5, 5.41) is 0. The van der Waals surface area contributed by atoms with E-state index in [4.69, 9.17) is 0 Å². The van der Waals surface area contributed by atoms with Gasteiger partial charge in [0.2, 0.25) is 0 Å². The summed E-state index contributed by atoms with van der Waals surface area (Å²) in [5.41, 5.74) is 0.723. The third kappa shape index (κ3) is 6.89. The number of hydrogen-bond acceptors (Lipinski definition) is 0. The molecule has 0 aromatic rings. The minimum Gasteiger partial charge on any atom is -0.251 e. The van der Waals surface area contributed by atoms with Crippen LogP contribution in [0.5, 0.6) is 0 Å². The lowest BCUT2D eigenvalue weighted by Crippen LogP contribution is -2.25. The Bertz CT molecular complexity index is 332. The van der Waals surface area contributed by atoms with Crippen molar-refractivity contribution in [2.45, 2.75) is 110 Å². The van der Waals surface area contributed by atoms with E-state index in [1.54, 1.807) is 0 Å². The van der Waals surface area contributed by atoms with E-state index in [1.807, 2.05) is 6.08 Å². The molecule has 0 unspecified atom stereocenters. The number of rotatable bonds is 10. The molecular formula is C23H41F. The second kappa shape index (κ2) is 11.3. The van der Waals surface area contributed by atoms with Crippen molar-refractivity contribution in [3.63, 3.8) is 0 Å². The molecule has 0 amide bonds. The molecule has 2 saturated carbocycles. The highest BCUT2D eigenvalue weighted by Crippen LogP contribution is 2.45. The second-order valence-corrected chi connectivity index (χ2v) is 8.72. The maximum atomic E-state index is 12.0. The van der Waals surface area contributed by atoms with E-state index in [-0.39, 0.29) is 6.67 Å². The second-order valence-electron chi connectivity index (χ2n) is 8.72. The number of unbranched alkanes of at least 4 members (excludes halogenated alkanes) is 1. The highest BCUT2D eigenvalue weighted by atomic mass is 19.1. The van der Waals surface area contributed by atoms with Crippen molar-refractivity contribution in [2.75, 3.05) is 6.67 Å². The minimum absolute atomic E-state index is 0.209. The van der Waals surface area contributed by atoms with Gasteiger partial charge in [0.05, 0.1) is 6.67 Å². The molecule has 0 aromatic carbocycles. The topological polar surface area (TPSA) is 0 Å². The van der Waals surface area contributed by atoms with Crippen LogP contribution in [0.15, 0.2) is 12.2 Å². The van der Waals surface area contributed by atoms with Crippen LogP contribution in [-0.2, 0) is 0 Å². The number of halogens is 1. The van der Waals surface area contributed by atoms with Crippen LogP contribution in [0.4, 0.5) is 4.39 Å². The highest BCUT2D eigenvalue weighted by Gasteiger charge is 2.31. The molecular weight excluding hydrogens is 295 g/mol. The van der Waals surface area contributed by atoms with Gasteiger partial charge in [-0.15, -0.1) is 0 Å². The van der Waals surface area contributed by atoms with E-state index in [0.29, 0.717) is 6.42 Å². The molecule has 2 rings (SSSR count). The van der Waals surface area contributed by atoms with E-state index in [2.05, 4.69) is 13.0 Å². The number of allylic oxidation sites excluding steroid dienone is 2. The summed E-state index contributed by atoms with van der Waals surface area (Å²) in [6.45, 7) is 2.23. The summed E-state index contributed by atoms with van der Waals surface area (Å²) in [7, 11) is 0. The van der Waals surface area contributed by atoms with Gasteiger partial charge in [-0.05, 0) is 62.2 Å². The van der Waals surface area contributed by atoms with Gasteiger partial charge in [0.1, 0.15) is 0 Å². The average molecular weight is 337 g/mol. The molecule has 0 atom stereocenters. The summed E-state index contributed by atoms with van der Waals surface area (Å²) in [6.07, 6.45) is 26.5. The molecule has 0 spiro atoms. The van der Waals surface area contributed by atoms with Crippen LogP contribution in [0.25, 0.3) is 0 Å². The van der Waals surface area contributed by atoms with E-state index >= 15 is 0 Å². The van der Waals surface area contributed by atoms with Crippen molar-refractivity contribution in [1.29, 1.82) is 0 Å². The van der Waals surface area contributed by atoms with Gasteiger partial charge in [-0.2, -0.15) is 0 Å². The zero-order chi connectivity index (χ0) is 17.1. The fraction of sp³-hybridized carbons (Fsp3) is 0.913. The molecule has 0 bridgehead atoms. The van der Waals surface area contributed by atoms with Gasteiger partial charge in [0.25, 0.3) is 0 Å². The molecule has 2 aliphatic carbocycles. The Morgan fingerprint density at radius 1 is 0.875 bits per heavy atom. The van der Waals surface area contributed by atoms with Gasteiger partial charge >= 0.3 is 0 Å². The van der Waals surface area contributed by atoms with E-state index in [1.165, 1.54) is 89.9 Å². The first-order valence-electron chi connectivity index (χ1n) is 11.0. The van der Waals surface area contributed by atoms with Crippen molar-refractivity contribution >= 4 is 0 Å². The summed E-state index contributed by atoms with van der Waals surface area (Å²) in [4.78, 5) is 0. The molecule has 2 aliphatic rings. The summed E-state index contributed by atoms with van der Waals surface area (Å²) < 4.78 is 12.0. The molecule has 2 fully saturated rings. The van der Waals surface area contributed by atoms with Gasteiger partial charge in [-0.3, -0.25) is 4.39 Å².